The zero-order valence-corrected chi connectivity index (χ0v) is 9.48. The Kier molecular flexibility index (Phi) is 3.41. The molecule has 1 aromatic heterocycles. The molecule has 1 aromatic carbocycles. The van der Waals surface area contributed by atoms with Crippen molar-refractivity contribution in [2.24, 2.45) is 0 Å². The molecular weight excluding hydrogens is 261 g/mol. The van der Waals surface area contributed by atoms with Crippen LogP contribution in [0.2, 0.25) is 0 Å². The monoisotopic (exact) mass is 270 g/mol. The van der Waals surface area contributed by atoms with E-state index >= 15 is 0 Å². The number of rotatable bonds is 3. The van der Waals surface area contributed by atoms with Gasteiger partial charge in [0.1, 0.15) is 5.82 Å². The molecule has 0 atom stereocenters. The number of aromatic nitrogens is 2. The number of hydrogen-bond acceptors (Lipinski definition) is 5. The second kappa shape index (κ2) is 5.01. The third kappa shape index (κ3) is 2.67. The minimum atomic E-state index is -2.98. The maximum Gasteiger partial charge on any atom is 0.388 e. The van der Waals surface area contributed by atoms with Gasteiger partial charge in [0.15, 0.2) is 0 Å². The van der Waals surface area contributed by atoms with Crippen LogP contribution in [0.5, 0.6) is 5.88 Å². The first-order valence-corrected chi connectivity index (χ1v) is 5.09. The van der Waals surface area contributed by atoms with Crippen molar-refractivity contribution < 1.29 is 17.9 Å². The fourth-order valence-corrected chi connectivity index (χ4v) is 1.44. The van der Waals surface area contributed by atoms with Crippen molar-refractivity contribution in [2.45, 2.75) is 6.61 Å². The number of hydrogen-bond donors (Lipinski definition) is 2. The van der Waals surface area contributed by atoms with E-state index in [1.807, 2.05) is 0 Å². The van der Waals surface area contributed by atoms with Crippen LogP contribution in [0.3, 0.4) is 0 Å². The number of benzene rings is 1. The summed E-state index contributed by atoms with van der Waals surface area (Å²) in [6.07, 6.45) is 2.20. The minimum Gasteiger partial charge on any atom is -0.415 e. The van der Waals surface area contributed by atoms with Crippen LogP contribution in [0.15, 0.2) is 24.5 Å². The Morgan fingerprint density at radius 3 is 2.37 bits per heavy atom. The maximum atomic E-state index is 13.1. The van der Waals surface area contributed by atoms with Gasteiger partial charge in [0.2, 0.25) is 5.88 Å². The standard InChI is InChI=1S/C11H9F3N4O/c12-6-2-1-5(9(15)10(6)16)7-3-18-8(4-17-7)19-11(13)14/h1-4,11H,15-16H2. The third-order valence-electron chi connectivity index (χ3n) is 2.35. The van der Waals surface area contributed by atoms with E-state index < -0.39 is 12.4 Å². The molecule has 0 aliphatic carbocycles. The van der Waals surface area contributed by atoms with Crippen LogP contribution in [-0.2, 0) is 0 Å². The van der Waals surface area contributed by atoms with Gasteiger partial charge in [-0.3, -0.25) is 0 Å². The van der Waals surface area contributed by atoms with Crippen molar-refractivity contribution in [3.63, 3.8) is 0 Å². The van der Waals surface area contributed by atoms with Crippen LogP contribution >= 0.6 is 0 Å². The Labute approximate surface area is 106 Å². The smallest absolute Gasteiger partial charge is 0.388 e. The van der Waals surface area contributed by atoms with Gasteiger partial charge in [0, 0.05) is 5.56 Å². The zero-order chi connectivity index (χ0) is 14.0. The summed E-state index contributed by atoms with van der Waals surface area (Å²) >= 11 is 0. The van der Waals surface area contributed by atoms with E-state index in [1.165, 1.54) is 12.3 Å². The quantitative estimate of drug-likeness (QED) is 0.833. The van der Waals surface area contributed by atoms with Gasteiger partial charge >= 0.3 is 6.61 Å². The van der Waals surface area contributed by atoms with Crippen molar-refractivity contribution >= 4 is 11.4 Å². The molecule has 0 saturated carbocycles. The van der Waals surface area contributed by atoms with E-state index in [9.17, 15) is 13.2 Å². The molecule has 0 fully saturated rings. The van der Waals surface area contributed by atoms with E-state index in [4.69, 9.17) is 11.5 Å². The van der Waals surface area contributed by atoms with Crippen LogP contribution in [0, 0.1) is 5.82 Å². The van der Waals surface area contributed by atoms with Crippen LogP contribution in [0.25, 0.3) is 11.3 Å². The summed E-state index contributed by atoms with van der Waals surface area (Å²) in [5.41, 5.74) is 11.5. The molecule has 0 unspecified atom stereocenters. The van der Waals surface area contributed by atoms with Crippen LogP contribution in [-0.4, -0.2) is 16.6 Å². The average molecular weight is 270 g/mol. The van der Waals surface area contributed by atoms with Gasteiger partial charge < -0.3 is 16.2 Å². The van der Waals surface area contributed by atoms with Crippen molar-refractivity contribution in [2.75, 3.05) is 11.5 Å². The van der Waals surface area contributed by atoms with E-state index in [1.54, 1.807) is 0 Å². The Morgan fingerprint density at radius 2 is 1.79 bits per heavy atom. The van der Waals surface area contributed by atoms with Gasteiger partial charge in [-0.25, -0.2) is 14.4 Å². The SMILES string of the molecule is Nc1c(F)ccc(-c2cnc(OC(F)F)cn2)c1N. The Morgan fingerprint density at radius 1 is 1.05 bits per heavy atom. The molecule has 0 radical (unpaired) electrons. The third-order valence-corrected chi connectivity index (χ3v) is 2.35. The molecule has 0 bridgehead atoms. The number of nitrogens with two attached hydrogens (primary N) is 2. The first-order valence-electron chi connectivity index (χ1n) is 5.09. The number of halogens is 3. The predicted molar refractivity (Wildman–Crippen MR) is 62.9 cm³/mol. The highest BCUT2D eigenvalue weighted by Crippen LogP contribution is 2.30. The second-order valence-electron chi connectivity index (χ2n) is 3.54. The van der Waals surface area contributed by atoms with Crippen molar-refractivity contribution in [3.05, 3.63) is 30.3 Å². The zero-order valence-electron chi connectivity index (χ0n) is 9.48. The highest BCUT2D eigenvalue weighted by atomic mass is 19.3. The highest BCUT2D eigenvalue weighted by Gasteiger charge is 2.12. The van der Waals surface area contributed by atoms with Crippen LogP contribution < -0.4 is 16.2 Å². The molecule has 100 valence electrons. The summed E-state index contributed by atoms with van der Waals surface area (Å²) in [7, 11) is 0. The lowest BCUT2D eigenvalue weighted by atomic mass is 10.1. The number of anilines is 2. The second-order valence-corrected chi connectivity index (χ2v) is 3.54. The van der Waals surface area contributed by atoms with Crippen LogP contribution in [0.1, 0.15) is 0 Å². The molecular formula is C11H9F3N4O. The number of nitrogens with zero attached hydrogens (tertiary/aromatic N) is 2. The Balaban J connectivity index is 2.35. The predicted octanol–water partition coefficient (Wildman–Crippen LogP) is 2.05. The topological polar surface area (TPSA) is 87.0 Å². The first kappa shape index (κ1) is 12.9. The lowest BCUT2D eigenvalue weighted by Gasteiger charge is -2.09. The summed E-state index contributed by atoms with van der Waals surface area (Å²) in [6, 6.07) is 2.50. The minimum absolute atomic E-state index is 0.0110. The van der Waals surface area contributed by atoms with E-state index in [0.717, 1.165) is 12.3 Å². The summed E-state index contributed by atoms with van der Waals surface area (Å²) in [4.78, 5) is 7.49. The molecule has 4 N–H and O–H groups in total. The fraction of sp³-hybridized carbons (Fsp3) is 0.0909. The van der Waals surface area contributed by atoms with Gasteiger partial charge in [-0.15, -0.1) is 0 Å². The van der Waals surface area contributed by atoms with Gasteiger partial charge in [0.05, 0.1) is 29.5 Å². The molecule has 0 saturated heterocycles. The Bertz CT molecular complexity index is 589. The number of nitrogen functional groups attached to an aromatic ring is 2. The van der Waals surface area contributed by atoms with Gasteiger partial charge in [-0.05, 0) is 12.1 Å². The molecule has 0 aliphatic rings. The molecule has 0 amide bonds. The summed E-state index contributed by atoms with van der Waals surface area (Å²) in [5.74, 6) is -0.973. The first-order chi connectivity index (χ1) is 8.99. The Hall–Kier alpha value is -2.51. The molecule has 1 heterocycles. The van der Waals surface area contributed by atoms with Crippen molar-refractivity contribution in [1.82, 2.24) is 9.97 Å². The summed E-state index contributed by atoms with van der Waals surface area (Å²) in [6.45, 7) is -2.98. The normalized spacial score (nSPS) is 10.7. The lowest BCUT2D eigenvalue weighted by Crippen LogP contribution is -2.05. The number of alkyl halides is 2. The van der Waals surface area contributed by atoms with Crippen LogP contribution in [0.4, 0.5) is 24.5 Å². The van der Waals surface area contributed by atoms with Gasteiger partial charge in [0.25, 0.3) is 0 Å². The largest absolute Gasteiger partial charge is 0.415 e. The van der Waals surface area contributed by atoms with Crippen molar-refractivity contribution in [3.8, 4) is 17.1 Å². The van der Waals surface area contributed by atoms with Gasteiger partial charge in [-0.2, -0.15) is 8.78 Å². The molecule has 19 heavy (non-hydrogen) atoms. The lowest BCUT2D eigenvalue weighted by molar-refractivity contribution is -0.0530. The molecule has 2 aromatic rings. The maximum absolute atomic E-state index is 13.1. The number of ether oxygens (including phenoxy) is 1. The molecule has 5 nitrogen and oxygen atoms in total. The van der Waals surface area contributed by atoms with Crippen molar-refractivity contribution in [1.29, 1.82) is 0 Å². The molecule has 2 rings (SSSR count). The summed E-state index contributed by atoms with van der Waals surface area (Å²) < 4.78 is 41.1. The molecule has 8 heteroatoms. The molecule has 0 spiro atoms. The van der Waals surface area contributed by atoms with E-state index in [-0.39, 0.29) is 22.9 Å². The van der Waals surface area contributed by atoms with E-state index in [2.05, 4.69) is 14.7 Å². The van der Waals surface area contributed by atoms with E-state index in [0.29, 0.717) is 5.56 Å². The average Bonchev–Trinajstić information content (AvgIpc) is 2.37. The van der Waals surface area contributed by atoms with Gasteiger partial charge in [-0.1, -0.05) is 0 Å². The molecule has 0 aliphatic heterocycles. The summed E-state index contributed by atoms with van der Waals surface area (Å²) in [5, 5.41) is 0. The highest BCUT2D eigenvalue weighted by molar-refractivity contribution is 5.82. The fourth-order valence-electron chi connectivity index (χ4n) is 1.44.